The maximum atomic E-state index is 12.6. The molecule has 8 nitrogen and oxygen atoms in total. The molecule has 1 saturated carbocycles. The molecular weight excluding hydrogens is 380 g/mol. The molecule has 5 rings (SSSR count). The monoisotopic (exact) mass is 410 g/mol. The Morgan fingerprint density at radius 3 is 2.90 bits per heavy atom. The molecule has 0 radical (unpaired) electrons. The third kappa shape index (κ3) is 3.37. The van der Waals surface area contributed by atoms with Gasteiger partial charge >= 0.3 is 0 Å². The van der Waals surface area contributed by atoms with Crippen molar-refractivity contribution in [3.8, 4) is 0 Å². The summed E-state index contributed by atoms with van der Waals surface area (Å²) in [6, 6.07) is 2.29. The molecule has 3 atom stereocenters. The van der Waals surface area contributed by atoms with Crippen molar-refractivity contribution in [3.63, 3.8) is 0 Å². The number of H-pyrrole nitrogens is 1. The predicted molar refractivity (Wildman–Crippen MR) is 113 cm³/mol. The van der Waals surface area contributed by atoms with Gasteiger partial charge in [-0.15, -0.1) is 10.2 Å². The molecule has 1 aliphatic carbocycles. The highest BCUT2D eigenvalue weighted by Gasteiger charge is 2.41. The first kappa shape index (κ1) is 19.5. The Morgan fingerprint density at radius 1 is 1.30 bits per heavy atom. The van der Waals surface area contributed by atoms with Crippen molar-refractivity contribution in [3.05, 3.63) is 24.3 Å². The molecule has 0 bridgehead atoms. The quantitative estimate of drug-likeness (QED) is 0.698. The van der Waals surface area contributed by atoms with Gasteiger partial charge in [0.15, 0.2) is 11.3 Å². The zero-order chi connectivity index (χ0) is 20.7. The normalized spacial score (nSPS) is 25.3. The fourth-order valence-electron chi connectivity index (χ4n) is 5.50. The Kier molecular flexibility index (Phi) is 5.18. The molecule has 160 valence electrons. The minimum absolute atomic E-state index is 0.185. The Labute approximate surface area is 176 Å². The van der Waals surface area contributed by atoms with Gasteiger partial charge in [0.2, 0.25) is 5.91 Å². The highest BCUT2D eigenvalue weighted by molar-refractivity contribution is 5.74. The van der Waals surface area contributed by atoms with Crippen LogP contribution in [0.4, 0.5) is 0 Å². The van der Waals surface area contributed by atoms with E-state index in [9.17, 15) is 4.79 Å². The van der Waals surface area contributed by atoms with Gasteiger partial charge in [-0.05, 0) is 43.6 Å². The number of amides is 1. The van der Waals surface area contributed by atoms with E-state index in [0.29, 0.717) is 11.8 Å². The van der Waals surface area contributed by atoms with Crippen LogP contribution < -0.4 is 0 Å². The van der Waals surface area contributed by atoms with Gasteiger partial charge < -0.3 is 14.6 Å². The van der Waals surface area contributed by atoms with Crippen molar-refractivity contribution in [2.24, 2.45) is 11.8 Å². The number of hydrogen-bond acceptors (Lipinski definition) is 5. The van der Waals surface area contributed by atoms with Crippen molar-refractivity contribution < 1.29 is 9.53 Å². The molecule has 30 heavy (non-hydrogen) atoms. The van der Waals surface area contributed by atoms with E-state index in [2.05, 4.69) is 36.4 Å². The number of carbonyl (C=O) groups is 1. The molecule has 1 N–H and O–H groups in total. The lowest BCUT2D eigenvalue weighted by Gasteiger charge is -2.33. The average Bonchev–Trinajstić information content (AvgIpc) is 3.48. The lowest BCUT2D eigenvalue weighted by Crippen LogP contribution is -2.42. The number of nitrogens with zero attached hydrogens (tertiary/aromatic N) is 5. The Balaban J connectivity index is 1.44. The molecule has 1 amide bonds. The summed E-state index contributed by atoms with van der Waals surface area (Å²) in [7, 11) is 0. The molecule has 0 unspecified atom stereocenters. The van der Waals surface area contributed by atoms with Gasteiger partial charge in [0.25, 0.3) is 0 Å². The Morgan fingerprint density at radius 2 is 2.13 bits per heavy atom. The SMILES string of the molecule is CC[C@@H]1C[C@H](N(CC2CCOCC2)C(C)=O)C[C@@H]1c1nnc2cnc3[nH]ccc3n12. The number of rotatable bonds is 5. The molecule has 3 aromatic rings. The van der Waals surface area contributed by atoms with E-state index in [4.69, 9.17) is 4.74 Å². The highest BCUT2D eigenvalue weighted by atomic mass is 16.5. The Bertz CT molecular complexity index is 1040. The highest BCUT2D eigenvalue weighted by Crippen LogP contribution is 2.43. The average molecular weight is 411 g/mol. The van der Waals surface area contributed by atoms with Crippen LogP contribution in [0, 0.1) is 11.8 Å². The second kappa shape index (κ2) is 7.98. The smallest absolute Gasteiger partial charge is 0.219 e. The van der Waals surface area contributed by atoms with Crippen LogP contribution in [0.3, 0.4) is 0 Å². The largest absolute Gasteiger partial charge is 0.381 e. The summed E-state index contributed by atoms with van der Waals surface area (Å²) >= 11 is 0. The fraction of sp³-hybridized carbons (Fsp3) is 0.636. The summed E-state index contributed by atoms with van der Waals surface area (Å²) in [6.45, 7) is 6.43. The molecule has 0 spiro atoms. The molecule has 8 heteroatoms. The van der Waals surface area contributed by atoms with Gasteiger partial charge in [0.1, 0.15) is 5.82 Å². The van der Waals surface area contributed by atoms with Crippen LogP contribution in [-0.4, -0.2) is 61.2 Å². The van der Waals surface area contributed by atoms with Crippen LogP contribution in [0.2, 0.25) is 0 Å². The second-order valence-electron chi connectivity index (χ2n) is 8.85. The second-order valence-corrected chi connectivity index (χ2v) is 8.85. The summed E-state index contributed by atoms with van der Waals surface area (Å²) in [5, 5.41) is 9.00. The maximum Gasteiger partial charge on any atom is 0.219 e. The van der Waals surface area contributed by atoms with Gasteiger partial charge in [0.05, 0.1) is 11.7 Å². The molecular formula is C22H30N6O2. The van der Waals surface area contributed by atoms with Gasteiger partial charge in [-0.2, -0.15) is 0 Å². The van der Waals surface area contributed by atoms with Crippen LogP contribution >= 0.6 is 0 Å². The van der Waals surface area contributed by atoms with E-state index in [-0.39, 0.29) is 17.9 Å². The lowest BCUT2D eigenvalue weighted by atomic mass is 9.93. The number of carbonyl (C=O) groups excluding carboxylic acids is 1. The van der Waals surface area contributed by atoms with Crippen LogP contribution in [0.1, 0.15) is 57.7 Å². The minimum Gasteiger partial charge on any atom is -0.381 e. The van der Waals surface area contributed by atoms with Gasteiger partial charge in [-0.1, -0.05) is 13.3 Å². The molecule has 1 saturated heterocycles. The van der Waals surface area contributed by atoms with E-state index in [0.717, 1.165) is 74.5 Å². The summed E-state index contributed by atoms with van der Waals surface area (Å²) < 4.78 is 7.65. The van der Waals surface area contributed by atoms with E-state index in [1.807, 2.05) is 12.3 Å². The third-order valence-corrected chi connectivity index (χ3v) is 7.13. The number of ether oxygens (including phenoxy) is 1. The summed E-state index contributed by atoms with van der Waals surface area (Å²) in [5.74, 6) is 2.50. The number of aromatic amines is 1. The number of aromatic nitrogens is 5. The minimum atomic E-state index is 0.185. The van der Waals surface area contributed by atoms with Crippen molar-refractivity contribution in [1.29, 1.82) is 0 Å². The number of hydrogen-bond donors (Lipinski definition) is 1. The van der Waals surface area contributed by atoms with Crippen LogP contribution in [0.15, 0.2) is 18.5 Å². The molecule has 2 fully saturated rings. The first-order chi connectivity index (χ1) is 14.7. The lowest BCUT2D eigenvalue weighted by molar-refractivity contribution is -0.132. The van der Waals surface area contributed by atoms with E-state index in [1.54, 1.807) is 13.1 Å². The maximum absolute atomic E-state index is 12.6. The van der Waals surface area contributed by atoms with Gasteiger partial charge in [0, 0.05) is 44.8 Å². The zero-order valence-corrected chi connectivity index (χ0v) is 17.8. The van der Waals surface area contributed by atoms with Gasteiger partial charge in [-0.25, -0.2) is 4.98 Å². The van der Waals surface area contributed by atoms with Crippen LogP contribution in [-0.2, 0) is 9.53 Å². The summed E-state index contributed by atoms with van der Waals surface area (Å²) in [4.78, 5) is 22.3. The van der Waals surface area contributed by atoms with E-state index in [1.165, 1.54) is 0 Å². The predicted octanol–water partition coefficient (Wildman–Crippen LogP) is 3.15. The molecule has 2 aliphatic rings. The van der Waals surface area contributed by atoms with Crippen LogP contribution in [0.5, 0.6) is 0 Å². The van der Waals surface area contributed by atoms with Gasteiger partial charge in [-0.3, -0.25) is 9.20 Å². The zero-order valence-electron chi connectivity index (χ0n) is 17.8. The summed E-state index contributed by atoms with van der Waals surface area (Å²) in [6.07, 6.45) is 8.81. The fourth-order valence-corrected chi connectivity index (χ4v) is 5.50. The Hall–Kier alpha value is -2.48. The van der Waals surface area contributed by atoms with Crippen molar-refractivity contribution in [1.82, 2.24) is 29.5 Å². The van der Waals surface area contributed by atoms with Crippen molar-refractivity contribution in [2.75, 3.05) is 19.8 Å². The topological polar surface area (TPSA) is 88.4 Å². The molecule has 4 heterocycles. The number of fused-ring (bicyclic) bond motifs is 3. The molecule has 1 aliphatic heterocycles. The van der Waals surface area contributed by atoms with Crippen molar-refractivity contribution >= 4 is 22.7 Å². The van der Waals surface area contributed by atoms with E-state index >= 15 is 0 Å². The standard InChI is InChI=1S/C22H30N6O2/c1-3-16-10-17(27(14(2)29)13-15-5-8-30-9-6-15)11-18(16)22-26-25-20-12-24-21-19(28(20)22)4-7-23-21/h4,7,12,15-18,23H,3,5-6,8-11,13H2,1-2H3/t16-,17+,18+/m1/s1. The third-order valence-electron chi connectivity index (χ3n) is 7.13. The summed E-state index contributed by atoms with van der Waals surface area (Å²) in [5.41, 5.74) is 2.63. The first-order valence-corrected chi connectivity index (χ1v) is 11.2. The molecule has 3 aromatic heterocycles. The first-order valence-electron chi connectivity index (χ1n) is 11.2. The number of nitrogens with one attached hydrogen (secondary N) is 1. The van der Waals surface area contributed by atoms with Crippen LogP contribution in [0.25, 0.3) is 16.8 Å². The van der Waals surface area contributed by atoms with E-state index < -0.39 is 0 Å². The molecule has 0 aromatic carbocycles. The van der Waals surface area contributed by atoms with Crippen molar-refractivity contribution in [2.45, 2.75) is 57.9 Å².